The number of hydrazine groups is 1. The summed E-state index contributed by atoms with van der Waals surface area (Å²) in [6.45, 7) is 8.39. The lowest BCUT2D eigenvalue weighted by Gasteiger charge is -2.21. The summed E-state index contributed by atoms with van der Waals surface area (Å²) in [5.74, 6) is 6.34. The lowest BCUT2D eigenvalue weighted by atomic mass is 10.1. The monoisotopic (exact) mass is 413 g/mol. The Bertz CT molecular complexity index is 909. The fourth-order valence-corrected chi connectivity index (χ4v) is 2.79. The molecule has 10 heteroatoms. The first kappa shape index (κ1) is 22.9. The topological polar surface area (TPSA) is 151 Å². The maximum Gasteiger partial charge on any atom is 0.222 e. The van der Waals surface area contributed by atoms with E-state index in [9.17, 15) is 0 Å². The zero-order valence-electron chi connectivity index (χ0n) is 18.2. The van der Waals surface area contributed by atoms with Crippen molar-refractivity contribution in [1.82, 2.24) is 15.1 Å². The molecule has 0 spiro atoms. The van der Waals surface area contributed by atoms with Gasteiger partial charge in [-0.05, 0) is 45.9 Å². The van der Waals surface area contributed by atoms with Crippen LogP contribution in [0.1, 0.15) is 33.4 Å². The van der Waals surface area contributed by atoms with Crippen molar-refractivity contribution in [3.63, 3.8) is 0 Å². The molecule has 162 valence electrons. The molecule has 0 amide bonds. The minimum atomic E-state index is 0.134. The maximum atomic E-state index is 8.27. The van der Waals surface area contributed by atoms with Gasteiger partial charge in [0.2, 0.25) is 5.88 Å². The second-order valence-electron chi connectivity index (χ2n) is 7.01. The van der Waals surface area contributed by atoms with Crippen LogP contribution in [0.15, 0.2) is 29.5 Å². The van der Waals surface area contributed by atoms with E-state index in [1.54, 1.807) is 20.2 Å². The molecule has 10 nitrogen and oxygen atoms in total. The number of hydrogen-bond donors (Lipinski definition) is 5. The molecule has 0 aromatic carbocycles. The van der Waals surface area contributed by atoms with E-state index in [0.29, 0.717) is 35.4 Å². The number of nitrogens with zero attached hydrogens (tertiary/aromatic N) is 4. The number of ether oxygens (including phenoxy) is 1. The van der Waals surface area contributed by atoms with Gasteiger partial charge >= 0.3 is 0 Å². The van der Waals surface area contributed by atoms with Crippen LogP contribution in [0, 0.1) is 5.41 Å². The molecule has 0 fully saturated rings. The van der Waals surface area contributed by atoms with Gasteiger partial charge in [0.1, 0.15) is 11.5 Å². The van der Waals surface area contributed by atoms with Gasteiger partial charge in [-0.3, -0.25) is 0 Å². The minimum absolute atomic E-state index is 0.134. The molecule has 0 saturated heterocycles. The Labute approximate surface area is 177 Å². The molecule has 0 aliphatic rings. The summed E-state index contributed by atoms with van der Waals surface area (Å²) < 4.78 is 5.67. The molecular weight excluding hydrogens is 382 g/mol. The summed E-state index contributed by atoms with van der Waals surface area (Å²) in [4.78, 5) is 9.05. The van der Waals surface area contributed by atoms with Gasteiger partial charge in [0.15, 0.2) is 0 Å². The third-order valence-corrected chi connectivity index (χ3v) is 3.88. The van der Waals surface area contributed by atoms with Crippen LogP contribution in [0.25, 0.3) is 11.3 Å². The molecule has 7 N–H and O–H groups in total. The Hall–Kier alpha value is -3.40. The van der Waals surface area contributed by atoms with Crippen LogP contribution in [0.2, 0.25) is 0 Å². The quantitative estimate of drug-likeness (QED) is 0.172. The predicted molar refractivity (Wildman–Crippen MR) is 122 cm³/mol. The van der Waals surface area contributed by atoms with Gasteiger partial charge in [-0.15, -0.1) is 5.10 Å². The Morgan fingerprint density at radius 1 is 1.40 bits per heavy atom. The van der Waals surface area contributed by atoms with E-state index >= 15 is 0 Å². The largest absolute Gasteiger partial charge is 0.477 e. The number of nitrogens with two attached hydrogens (primary N) is 2. The minimum Gasteiger partial charge on any atom is -0.477 e. The van der Waals surface area contributed by atoms with Crippen LogP contribution in [0.4, 0.5) is 11.4 Å². The summed E-state index contributed by atoms with van der Waals surface area (Å²) >= 11 is 0. The molecular formula is C20H31N9O. The number of anilines is 2. The maximum absolute atomic E-state index is 8.27. The third-order valence-electron chi connectivity index (χ3n) is 3.88. The molecule has 0 saturated carbocycles. The van der Waals surface area contributed by atoms with Crippen molar-refractivity contribution in [2.75, 3.05) is 30.8 Å². The molecule has 0 unspecified atom stereocenters. The van der Waals surface area contributed by atoms with Crippen LogP contribution in [0.5, 0.6) is 5.88 Å². The third kappa shape index (κ3) is 6.05. The van der Waals surface area contributed by atoms with E-state index < -0.39 is 0 Å². The summed E-state index contributed by atoms with van der Waals surface area (Å²) in [6, 6.07) is 5.73. The second-order valence-corrected chi connectivity index (χ2v) is 7.01. The van der Waals surface area contributed by atoms with Crippen LogP contribution >= 0.6 is 0 Å². The molecule has 0 aliphatic heterocycles. The van der Waals surface area contributed by atoms with Crippen molar-refractivity contribution in [2.24, 2.45) is 16.7 Å². The standard InChI is InChI=1S/C20H31N9O/c1-6-30-20-14(8-7-9-24-20)15-10-16(25-11-17(22)28-29(5)23)19(26-12(2)3)18(27-15)13(4)21/h7-10,12,21,26H,6,11,23H2,1-5H3,(H2,22,28)(H,25,27). The van der Waals surface area contributed by atoms with E-state index in [1.807, 2.05) is 39.0 Å². The molecule has 30 heavy (non-hydrogen) atoms. The highest BCUT2D eigenvalue weighted by atomic mass is 16.5. The van der Waals surface area contributed by atoms with Gasteiger partial charge in [-0.2, -0.15) is 0 Å². The van der Waals surface area contributed by atoms with Gasteiger partial charge in [0, 0.05) is 19.3 Å². The first-order valence-electron chi connectivity index (χ1n) is 9.73. The van der Waals surface area contributed by atoms with E-state index in [-0.39, 0.29) is 12.6 Å². The Balaban J connectivity index is 2.60. The summed E-state index contributed by atoms with van der Waals surface area (Å²) in [5.41, 5.74) is 9.63. The van der Waals surface area contributed by atoms with Crippen molar-refractivity contribution in [3.05, 3.63) is 30.1 Å². The fraction of sp³-hybridized carbons (Fsp3) is 0.400. The van der Waals surface area contributed by atoms with E-state index in [2.05, 4.69) is 20.7 Å². The zero-order valence-corrected chi connectivity index (χ0v) is 18.2. The number of rotatable bonds is 10. The zero-order chi connectivity index (χ0) is 22.3. The fourth-order valence-electron chi connectivity index (χ4n) is 2.79. The average molecular weight is 414 g/mol. The van der Waals surface area contributed by atoms with E-state index in [0.717, 1.165) is 22.1 Å². The van der Waals surface area contributed by atoms with Crippen LogP contribution in [-0.4, -0.2) is 52.9 Å². The highest BCUT2D eigenvalue weighted by molar-refractivity contribution is 6.03. The molecule has 0 atom stereocenters. The molecule has 0 radical (unpaired) electrons. The summed E-state index contributed by atoms with van der Waals surface area (Å²) in [7, 11) is 1.59. The van der Waals surface area contributed by atoms with E-state index in [1.165, 1.54) is 0 Å². The van der Waals surface area contributed by atoms with Gasteiger partial charge in [0.25, 0.3) is 0 Å². The molecule has 2 rings (SSSR count). The lowest BCUT2D eigenvalue weighted by Crippen LogP contribution is -2.30. The van der Waals surface area contributed by atoms with Crippen LogP contribution in [0.3, 0.4) is 0 Å². The highest BCUT2D eigenvalue weighted by Gasteiger charge is 2.18. The Morgan fingerprint density at radius 3 is 2.73 bits per heavy atom. The van der Waals surface area contributed by atoms with Crippen molar-refractivity contribution >= 4 is 22.9 Å². The SMILES string of the molecule is CCOc1ncccc1-c1cc(NC/C(N)=N/N(C)N)c(NC(C)C)c(C(C)=N)n1. The Kier molecular flexibility index (Phi) is 7.93. The summed E-state index contributed by atoms with van der Waals surface area (Å²) in [5, 5.41) is 20.1. The predicted octanol–water partition coefficient (Wildman–Crippen LogP) is 2.24. The number of pyridine rings is 2. The first-order valence-corrected chi connectivity index (χ1v) is 9.73. The normalized spacial score (nSPS) is 11.4. The summed E-state index contributed by atoms with van der Waals surface area (Å²) in [6.07, 6.45) is 1.67. The lowest BCUT2D eigenvalue weighted by molar-refractivity contribution is 0.328. The van der Waals surface area contributed by atoms with Gasteiger partial charge < -0.3 is 26.5 Å². The smallest absolute Gasteiger partial charge is 0.222 e. The van der Waals surface area contributed by atoms with Crippen LogP contribution < -0.4 is 26.9 Å². The van der Waals surface area contributed by atoms with E-state index in [4.69, 9.17) is 26.7 Å². The van der Waals surface area contributed by atoms with Crippen molar-refractivity contribution in [1.29, 1.82) is 5.41 Å². The molecule has 0 bridgehead atoms. The average Bonchev–Trinajstić information content (AvgIpc) is 2.66. The second kappa shape index (κ2) is 10.4. The van der Waals surface area contributed by atoms with Gasteiger partial charge in [-0.1, -0.05) is 0 Å². The van der Waals surface area contributed by atoms with Crippen molar-refractivity contribution in [3.8, 4) is 17.1 Å². The molecule has 2 aromatic rings. The highest BCUT2D eigenvalue weighted by Crippen LogP contribution is 2.34. The molecule has 2 aromatic heterocycles. The van der Waals surface area contributed by atoms with Gasteiger partial charge in [-0.25, -0.2) is 20.9 Å². The van der Waals surface area contributed by atoms with Crippen molar-refractivity contribution in [2.45, 2.75) is 33.7 Å². The first-order chi connectivity index (χ1) is 14.2. The molecule has 0 aliphatic carbocycles. The van der Waals surface area contributed by atoms with Crippen molar-refractivity contribution < 1.29 is 4.74 Å². The number of nitrogens with one attached hydrogen (secondary N) is 3. The molecule has 2 heterocycles. The van der Waals surface area contributed by atoms with Gasteiger partial charge in [0.05, 0.1) is 41.5 Å². The van der Waals surface area contributed by atoms with Crippen LogP contribution in [-0.2, 0) is 0 Å². The number of hydrogen-bond acceptors (Lipinski definition) is 9. The number of aromatic nitrogens is 2. The number of amidine groups is 1. The Morgan fingerprint density at radius 2 is 2.13 bits per heavy atom. The number of hydrazone groups is 1.